The van der Waals surface area contributed by atoms with Crippen molar-refractivity contribution in [1.29, 1.82) is 0 Å². The number of nitrogens with zero attached hydrogens (tertiary/aromatic N) is 1. The van der Waals surface area contributed by atoms with Crippen molar-refractivity contribution in [3.05, 3.63) is 23.3 Å². The van der Waals surface area contributed by atoms with E-state index < -0.39 is 0 Å². The van der Waals surface area contributed by atoms with E-state index in [2.05, 4.69) is 18.7 Å². The first-order valence-corrected chi connectivity index (χ1v) is 5.35. The molecule has 0 fully saturated rings. The fourth-order valence-electron chi connectivity index (χ4n) is 2.05. The highest BCUT2D eigenvalue weighted by atomic mass is 35.5. The van der Waals surface area contributed by atoms with Gasteiger partial charge >= 0.3 is 0 Å². The fraction of sp³-hybridized carbons (Fsp3) is 0.500. The Balaban J connectivity index is 0.00000128. The maximum atomic E-state index is 9.43. The van der Waals surface area contributed by atoms with Crippen LogP contribution in [-0.4, -0.2) is 27.7 Å². The molecule has 0 radical (unpaired) electrons. The van der Waals surface area contributed by atoms with Gasteiger partial charge in [-0.05, 0) is 43.5 Å². The summed E-state index contributed by atoms with van der Waals surface area (Å²) < 4.78 is 0. The van der Waals surface area contributed by atoms with E-state index in [9.17, 15) is 10.2 Å². The second kappa shape index (κ2) is 4.93. The Bertz CT molecular complexity index is 380. The maximum absolute atomic E-state index is 9.43. The summed E-state index contributed by atoms with van der Waals surface area (Å²) in [6.07, 6.45) is 0.946. The molecule has 16 heavy (non-hydrogen) atoms. The number of halogens is 1. The average molecular weight is 244 g/mol. The Kier molecular flexibility index (Phi) is 4.05. The van der Waals surface area contributed by atoms with Crippen LogP contribution in [-0.2, 0) is 13.0 Å². The van der Waals surface area contributed by atoms with Gasteiger partial charge in [0.15, 0.2) is 11.5 Å². The molecule has 0 saturated carbocycles. The van der Waals surface area contributed by atoms with Crippen LogP contribution in [0.1, 0.15) is 25.0 Å². The van der Waals surface area contributed by atoms with Crippen molar-refractivity contribution in [2.75, 3.05) is 6.54 Å². The number of hydrogen-bond donors (Lipinski definition) is 2. The van der Waals surface area contributed by atoms with Crippen molar-refractivity contribution in [2.24, 2.45) is 0 Å². The lowest BCUT2D eigenvalue weighted by atomic mass is 9.98. The van der Waals surface area contributed by atoms with Crippen molar-refractivity contribution in [1.82, 2.24) is 4.90 Å². The quantitative estimate of drug-likeness (QED) is 0.744. The van der Waals surface area contributed by atoms with Crippen molar-refractivity contribution in [2.45, 2.75) is 32.9 Å². The van der Waals surface area contributed by atoms with Crippen molar-refractivity contribution >= 4 is 12.4 Å². The first-order valence-electron chi connectivity index (χ1n) is 5.35. The molecule has 1 aromatic rings. The van der Waals surface area contributed by atoms with Gasteiger partial charge in [-0.1, -0.05) is 0 Å². The van der Waals surface area contributed by atoms with E-state index in [1.807, 2.05) is 0 Å². The lowest BCUT2D eigenvalue weighted by Gasteiger charge is -2.32. The first kappa shape index (κ1) is 13.1. The monoisotopic (exact) mass is 243 g/mol. The van der Waals surface area contributed by atoms with Gasteiger partial charge in [0.25, 0.3) is 0 Å². The Hall–Kier alpha value is -0.930. The summed E-state index contributed by atoms with van der Waals surface area (Å²) in [7, 11) is 0. The third-order valence-corrected chi connectivity index (χ3v) is 3.07. The molecule has 2 N–H and O–H groups in total. The normalized spacial score (nSPS) is 15.7. The molecule has 0 unspecified atom stereocenters. The molecule has 4 heteroatoms. The molecule has 0 aliphatic carbocycles. The number of phenols is 2. The van der Waals surface area contributed by atoms with Gasteiger partial charge in [0.2, 0.25) is 0 Å². The zero-order chi connectivity index (χ0) is 11.0. The van der Waals surface area contributed by atoms with Gasteiger partial charge in [0.1, 0.15) is 0 Å². The van der Waals surface area contributed by atoms with E-state index in [0.717, 1.165) is 30.6 Å². The molecule has 2 rings (SSSR count). The van der Waals surface area contributed by atoms with Crippen LogP contribution < -0.4 is 0 Å². The number of rotatable bonds is 1. The molecule has 0 spiro atoms. The minimum absolute atomic E-state index is 0. The molecule has 0 bridgehead atoms. The minimum Gasteiger partial charge on any atom is -0.504 e. The van der Waals surface area contributed by atoms with Gasteiger partial charge in [-0.2, -0.15) is 0 Å². The third-order valence-electron chi connectivity index (χ3n) is 3.07. The zero-order valence-corrected chi connectivity index (χ0v) is 10.4. The molecule has 0 aromatic heterocycles. The van der Waals surface area contributed by atoms with E-state index in [-0.39, 0.29) is 23.9 Å². The minimum atomic E-state index is -0.0145. The van der Waals surface area contributed by atoms with E-state index in [1.54, 1.807) is 12.1 Å². The predicted molar refractivity (Wildman–Crippen MR) is 66.3 cm³/mol. The Labute approximate surface area is 102 Å². The highest BCUT2D eigenvalue weighted by molar-refractivity contribution is 5.85. The number of aromatic hydroxyl groups is 2. The summed E-state index contributed by atoms with van der Waals surface area (Å²) in [4.78, 5) is 2.36. The SMILES string of the molecule is CC(C)N1CCc2cc(O)c(O)cc2C1.Cl. The summed E-state index contributed by atoms with van der Waals surface area (Å²) in [5.74, 6) is -0.0221. The standard InChI is InChI=1S/C12H17NO2.ClH/c1-8(2)13-4-3-9-5-11(14)12(15)6-10(9)7-13;/h5-6,8,14-15H,3-4,7H2,1-2H3;1H. The van der Waals surface area contributed by atoms with Crippen molar-refractivity contribution in [3.8, 4) is 11.5 Å². The number of hydrogen-bond acceptors (Lipinski definition) is 3. The summed E-state index contributed by atoms with van der Waals surface area (Å²) in [6.45, 7) is 6.23. The van der Waals surface area contributed by atoms with Crippen LogP contribution in [0.4, 0.5) is 0 Å². The Morgan fingerprint density at radius 3 is 2.25 bits per heavy atom. The molecule has 1 heterocycles. The van der Waals surface area contributed by atoms with Crippen LogP contribution in [0, 0.1) is 0 Å². The fourth-order valence-corrected chi connectivity index (χ4v) is 2.05. The average Bonchev–Trinajstić information content (AvgIpc) is 2.19. The number of benzene rings is 1. The lowest BCUT2D eigenvalue weighted by molar-refractivity contribution is 0.203. The molecule has 1 aliphatic heterocycles. The zero-order valence-electron chi connectivity index (χ0n) is 9.60. The summed E-state index contributed by atoms with van der Waals surface area (Å²) >= 11 is 0. The predicted octanol–water partition coefficient (Wildman–Crippen LogP) is 2.29. The molecular weight excluding hydrogens is 226 g/mol. The van der Waals surface area contributed by atoms with Gasteiger partial charge in [-0.15, -0.1) is 12.4 Å². The van der Waals surface area contributed by atoms with Gasteiger partial charge < -0.3 is 10.2 Å². The third kappa shape index (κ3) is 2.42. The number of phenolic OH excluding ortho intramolecular Hbond substituents is 2. The molecule has 3 nitrogen and oxygen atoms in total. The van der Waals surface area contributed by atoms with E-state index >= 15 is 0 Å². The molecule has 90 valence electrons. The van der Waals surface area contributed by atoms with Gasteiger partial charge in [0, 0.05) is 19.1 Å². The van der Waals surface area contributed by atoms with Crippen LogP contribution in [0.5, 0.6) is 11.5 Å². The van der Waals surface area contributed by atoms with Crippen LogP contribution in [0.3, 0.4) is 0 Å². The summed E-state index contributed by atoms with van der Waals surface area (Å²) in [6, 6.07) is 3.88. The van der Waals surface area contributed by atoms with Crippen LogP contribution >= 0.6 is 12.4 Å². The van der Waals surface area contributed by atoms with Crippen LogP contribution in [0.2, 0.25) is 0 Å². The molecule has 0 amide bonds. The van der Waals surface area contributed by atoms with Gasteiger partial charge in [-0.25, -0.2) is 0 Å². The molecule has 1 aliphatic rings. The lowest BCUT2D eigenvalue weighted by Crippen LogP contribution is -2.35. The maximum Gasteiger partial charge on any atom is 0.157 e. The second-order valence-electron chi connectivity index (χ2n) is 4.42. The van der Waals surface area contributed by atoms with E-state index in [1.165, 1.54) is 0 Å². The Morgan fingerprint density at radius 2 is 1.69 bits per heavy atom. The smallest absolute Gasteiger partial charge is 0.157 e. The molecule has 0 atom stereocenters. The first-order chi connectivity index (χ1) is 7.08. The van der Waals surface area contributed by atoms with Crippen molar-refractivity contribution in [3.63, 3.8) is 0 Å². The largest absolute Gasteiger partial charge is 0.504 e. The highest BCUT2D eigenvalue weighted by Gasteiger charge is 2.19. The second-order valence-corrected chi connectivity index (χ2v) is 4.42. The van der Waals surface area contributed by atoms with Crippen LogP contribution in [0.15, 0.2) is 12.1 Å². The topological polar surface area (TPSA) is 43.7 Å². The molecule has 0 saturated heterocycles. The number of fused-ring (bicyclic) bond motifs is 1. The van der Waals surface area contributed by atoms with Crippen molar-refractivity contribution < 1.29 is 10.2 Å². The summed E-state index contributed by atoms with van der Waals surface area (Å²) in [5.41, 5.74) is 2.28. The van der Waals surface area contributed by atoms with Gasteiger partial charge in [0.05, 0.1) is 0 Å². The van der Waals surface area contributed by atoms with Crippen LogP contribution in [0.25, 0.3) is 0 Å². The summed E-state index contributed by atoms with van der Waals surface area (Å²) in [5, 5.41) is 18.8. The van der Waals surface area contributed by atoms with E-state index in [4.69, 9.17) is 0 Å². The Morgan fingerprint density at radius 1 is 1.12 bits per heavy atom. The highest BCUT2D eigenvalue weighted by Crippen LogP contribution is 2.31. The van der Waals surface area contributed by atoms with E-state index in [0.29, 0.717) is 6.04 Å². The molecule has 1 aromatic carbocycles. The molecular formula is C12H18ClNO2. The van der Waals surface area contributed by atoms with Gasteiger partial charge in [-0.3, -0.25) is 4.90 Å².